The Balaban J connectivity index is 1.94. The lowest BCUT2D eigenvalue weighted by Gasteiger charge is -2.08. The number of rotatable bonds is 3. The van der Waals surface area contributed by atoms with Gasteiger partial charge in [0.2, 0.25) is 0 Å². The van der Waals surface area contributed by atoms with Crippen molar-refractivity contribution in [2.45, 2.75) is 13.5 Å². The van der Waals surface area contributed by atoms with Gasteiger partial charge in [0, 0.05) is 16.2 Å². The van der Waals surface area contributed by atoms with Gasteiger partial charge in [-0.15, -0.1) is 16.4 Å². The molecular weight excluding hydrogens is 244 g/mol. The highest BCUT2D eigenvalue weighted by Gasteiger charge is 2.05. The first-order valence-electron chi connectivity index (χ1n) is 5.67. The maximum Gasteiger partial charge on any atom is 0.156 e. The fraction of sp³-hybridized carbons (Fsp3) is 0.154. The molecular formula is C13H12N4S. The van der Waals surface area contributed by atoms with Gasteiger partial charge >= 0.3 is 0 Å². The number of benzene rings is 1. The summed E-state index contributed by atoms with van der Waals surface area (Å²) in [6.45, 7) is 2.64. The van der Waals surface area contributed by atoms with Crippen LogP contribution in [0, 0.1) is 6.92 Å². The van der Waals surface area contributed by atoms with Crippen molar-refractivity contribution in [1.29, 1.82) is 0 Å². The van der Waals surface area contributed by atoms with E-state index in [0.29, 0.717) is 6.54 Å². The van der Waals surface area contributed by atoms with Gasteiger partial charge in [0.15, 0.2) is 5.82 Å². The van der Waals surface area contributed by atoms with Gasteiger partial charge < -0.3 is 5.32 Å². The second kappa shape index (κ2) is 4.70. The molecule has 18 heavy (non-hydrogen) atoms. The lowest BCUT2D eigenvalue weighted by molar-refractivity contribution is 0.973. The minimum Gasteiger partial charge on any atom is -0.362 e. The Bertz CT molecular complexity index is 664. The van der Waals surface area contributed by atoms with Crippen molar-refractivity contribution in [1.82, 2.24) is 15.2 Å². The van der Waals surface area contributed by atoms with E-state index >= 15 is 0 Å². The van der Waals surface area contributed by atoms with Crippen LogP contribution in [0.2, 0.25) is 0 Å². The van der Waals surface area contributed by atoms with Gasteiger partial charge in [-0.2, -0.15) is 5.10 Å². The molecule has 0 fully saturated rings. The predicted octanol–water partition coefficient (Wildman–Crippen LogP) is 3.01. The molecule has 1 aromatic carbocycles. The highest BCUT2D eigenvalue weighted by atomic mass is 32.1. The summed E-state index contributed by atoms with van der Waals surface area (Å²) < 4.78 is 0. The molecule has 0 aliphatic heterocycles. The van der Waals surface area contributed by atoms with Crippen molar-refractivity contribution in [3.63, 3.8) is 0 Å². The summed E-state index contributed by atoms with van der Waals surface area (Å²) >= 11 is 1.59. The van der Waals surface area contributed by atoms with Crippen LogP contribution in [0.15, 0.2) is 35.2 Å². The zero-order valence-electron chi connectivity index (χ0n) is 9.92. The van der Waals surface area contributed by atoms with Crippen molar-refractivity contribution in [2.75, 3.05) is 5.32 Å². The molecule has 2 aromatic heterocycles. The van der Waals surface area contributed by atoms with Crippen LogP contribution in [-0.2, 0) is 6.54 Å². The van der Waals surface area contributed by atoms with Crippen LogP contribution in [0.1, 0.15) is 11.4 Å². The molecule has 2 heterocycles. The summed E-state index contributed by atoms with van der Waals surface area (Å²) in [6.07, 6.45) is 0. The molecule has 3 aromatic rings. The Hall–Kier alpha value is -2.01. The zero-order valence-corrected chi connectivity index (χ0v) is 10.7. The molecule has 90 valence electrons. The molecule has 3 rings (SSSR count). The Morgan fingerprint density at radius 1 is 1.17 bits per heavy atom. The minimum atomic E-state index is 0.672. The zero-order chi connectivity index (χ0) is 12.4. The van der Waals surface area contributed by atoms with Gasteiger partial charge in [0.25, 0.3) is 0 Å². The number of fused-ring (bicyclic) bond motifs is 1. The highest BCUT2D eigenvalue weighted by Crippen LogP contribution is 2.22. The van der Waals surface area contributed by atoms with Gasteiger partial charge in [-0.05, 0) is 6.92 Å². The van der Waals surface area contributed by atoms with Gasteiger partial charge in [0.05, 0.1) is 23.4 Å². The van der Waals surface area contributed by atoms with E-state index in [4.69, 9.17) is 0 Å². The van der Waals surface area contributed by atoms with E-state index in [1.807, 2.05) is 29.9 Å². The van der Waals surface area contributed by atoms with Crippen LogP contribution in [0.5, 0.6) is 0 Å². The Kier molecular flexibility index (Phi) is 2.90. The van der Waals surface area contributed by atoms with E-state index in [2.05, 4.69) is 32.6 Å². The maximum absolute atomic E-state index is 4.24. The average Bonchev–Trinajstić information content (AvgIpc) is 2.92. The van der Waals surface area contributed by atoms with Gasteiger partial charge in [0.1, 0.15) is 0 Å². The quantitative estimate of drug-likeness (QED) is 0.782. The summed E-state index contributed by atoms with van der Waals surface area (Å²) in [5.41, 5.74) is 3.80. The SMILES string of the molecule is Cc1nnc(NCc2cscn2)c2ccccc12. The number of aryl methyl sites for hydroxylation is 1. The maximum atomic E-state index is 4.24. The minimum absolute atomic E-state index is 0.672. The molecule has 4 nitrogen and oxygen atoms in total. The van der Waals surface area contributed by atoms with Crippen LogP contribution in [0.25, 0.3) is 10.8 Å². The molecule has 0 saturated heterocycles. The van der Waals surface area contributed by atoms with Crippen molar-refractivity contribution in [3.8, 4) is 0 Å². The lowest BCUT2D eigenvalue weighted by atomic mass is 10.1. The molecule has 0 aliphatic rings. The Morgan fingerprint density at radius 3 is 2.78 bits per heavy atom. The van der Waals surface area contributed by atoms with Crippen molar-refractivity contribution in [3.05, 3.63) is 46.5 Å². The summed E-state index contributed by atoms with van der Waals surface area (Å²) in [6, 6.07) is 8.15. The fourth-order valence-electron chi connectivity index (χ4n) is 1.87. The first-order valence-corrected chi connectivity index (χ1v) is 6.62. The predicted molar refractivity (Wildman–Crippen MR) is 73.7 cm³/mol. The summed E-state index contributed by atoms with van der Waals surface area (Å²) in [5, 5.41) is 15.9. The topological polar surface area (TPSA) is 50.7 Å². The molecule has 0 amide bonds. The highest BCUT2D eigenvalue weighted by molar-refractivity contribution is 7.07. The third-order valence-corrected chi connectivity index (χ3v) is 3.43. The summed E-state index contributed by atoms with van der Waals surface area (Å²) in [7, 11) is 0. The largest absolute Gasteiger partial charge is 0.362 e. The number of hydrogen-bond donors (Lipinski definition) is 1. The van der Waals surface area contributed by atoms with E-state index in [9.17, 15) is 0 Å². The second-order valence-corrected chi connectivity index (χ2v) is 4.73. The molecule has 0 aliphatic carbocycles. The molecule has 0 spiro atoms. The third kappa shape index (κ3) is 2.04. The van der Waals surface area contributed by atoms with Gasteiger partial charge in [-0.25, -0.2) is 4.98 Å². The summed E-state index contributed by atoms with van der Waals surface area (Å²) in [5.74, 6) is 0.809. The van der Waals surface area contributed by atoms with E-state index in [0.717, 1.165) is 28.0 Å². The lowest BCUT2D eigenvalue weighted by Crippen LogP contribution is -2.04. The van der Waals surface area contributed by atoms with Crippen LogP contribution >= 0.6 is 11.3 Å². The molecule has 0 atom stereocenters. The van der Waals surface area contributed by atoms with E-state index in [1.54, 1.807) is 11.3 Å². The van der Waals surface area contributed by atoms with E-state index < -0.39 is 0 Å². The number of nitrogens with one attached hydrogen (secondary N) is 1. The van der Waals surface area contributed by atoms with E-state index in [-0.39, 0.29) is 0 Å². The third-order valence-electron chi connectivity index (χ3n) is 2.79. The molecule has 1 N–H and O–H groups in total. The molecule has 5 heteroatoms. The fourth-order valence-corrected chi connectivity index (χ4v) is 2.43. The number of anilines is 1. The van der Waals surface area contributed by atoms with E-state index in [1.165, 1.54) is 0 Å². The average molecular weight is 256 g/mol. The number of aromatic nitrogens is 3. The first kappa shape index (κ1) is 11.1. The van der Waals surface area contributed by atoms with Crippen LogP contribution in [0.3, 0.4) is 0 Å². The Morgan fingerprint density at radius 2 is 2.00 bits per heavy atom. The second-order valence-electron chi connectivity index (χ2n) is 4.01. The number of thiazole rings is 1. The van der Waals surface area contributed by atoms with Crippen LogP contribution in [-0.4, -0.2) is 15.2 Å². The van der Waals surface area contributed by atoms with Crippen molar-refractivity contribution < 1.29 is 0 Å². The summed E-state index contributed by atoms with van der Waals surface area (Å²) in [4.78, 5) is 4.24. The molecule has 0 radical (unpaired) electrons. The van der Waals surface area contributed by atoms with Crippen molar-refractivity contribution in [2.24, 2.45) is 0 Å². The molecule has 0 saturated carbocycles. The standard InChI is InChI=1S/C13H12N4S/c1-9-11-4-2-3-5-12(11)13(17-16-9)14-6-10-7-18-8-15-10/h2-5,7-8H,6H2,1H3,(H,14,17). The van der Waals surface area contributed by atoms with Crippen molar-refractivity contribution >= 4 is 27.9 Å². The number of hydrogen-bond acceptors (Lipinski definition) is 5. The first-order chi connectivity index (χ1) is 8.84. The smallest absolute Gasteiger partial charge is 0.156 e. The van der Waals surface area contributed by atoms with Crippen LogP contribution in [0.4, 0.5) is 5.82 Å². The monoisotopic (exact) mass is 256 g/mol. The Labute approximate surface area is 109 Å². The molecule has 0 unspecified atom stereocenters. The molecule has 0 bridgehead atoms. The number of nitrogens with zero attached hydrogens (tertiary/aromatic N) is 3. The van der Waals surface area contributed by atoms with Crippen LogP contribution < -0.4 is 5.32 Å². The van der Waals surface area contributed by atoms with Gasteiger partial charge in [-0.3, -0.25) is 0 Å². The van der Waals surface area contributed by atoms with Gasteiger partial charge in [-0.1, -0.05) is 24.3 Å². The normalized spacial score (nSPS) is 10.7.